The summed E-state index contributed by atoms with van der Waals surface area (Å²) in [5, 5.41) is 48.3. The summed E-state index contributed by atoms with van der Waals surface area (Å²) in [6.07, 6.45) is -14.0. The molecule has 37 heavy (non-hydrogen) atoms. The number of aliphatic hydroxyl groups is 4. The number of aliphatic carboxylic acids is 1. The zero-order valence-corrected chi connectivity index (χ0v) is 20.5. The number of rotatable bonds is 9. The summed E-state index contributed by atoms with van der Waals surface area (Å²) in [5.74, 6) is -1.83. The van der Waals surface area contributed by atoms with Crippen molar-refractivity contribution in [3.8, 4) is 0 Å². The molecule has 0 saturated carbocycles. The lowest BCUT2D eigenvalue weighted by atomic mass is 9.99. The second-order valence-electron chi connectivity index (χ2n) is 8.07. The molecule has 10 atom stereocenters. The van der Waals surface area contributed by atoms with E-state index in [9.17, 15) is 53.7 Å². The van der Waals surface area contributed by atoms with E-state index in [0.717, 1.165) is 4.57 Å². The molecule has 0 amide bonds. The zero-order valence-electron chi connectivity index (χ0n) is 18.7. The van der Waals surface area contributed by atoms with Gasteiger partial charge in [0.25, 0.3) is 5.56 Å². The molecule has 1 aromatic heterocycles. The van der Waals surface area contributed by atoms with Crippen LogP contribution in [0.25, 0.3) is 0 Å². The monoisotopic (exact) mass is 578 g/mol. The van der Waals surface area contributed by atoms with E-state index in [0.29, 0.717) is 0 Å². The van der Waals surface area contributed by atoms with Crippen LogP contribution in [0.1, 0.15) is 18.2 Å². The fourth-order valence-electron chi connectivity index (χ4n) is 3.45. The highest BCUT2D eigenvalue weighted by Gasteiger charge is 2.51. The van der Waals surface area contributed by atoms with E-state index in [1.54, 1.807) is 0 Å². The average molecular weight is 578 g/mol. The minimum absolute atomic E-state index is 0.160. The SMILES string of the molecule is Cc1cn([C@H]2C[C@H](O)[C@@H](COP(=O)(O)OP(=O)(O)O[C@H]3O[C@H](C(=O)O)[C@H](O)[C@H](O)[C@H]3O)O2)c(=O)[nH]c1=O. The van der Waals surface area contributed by atoms with Crippen molar-refractivity contribution in [1.29, 1.82) is 0 Å². The number of aromatic amines is 1. The van der Waals surface area contributed by atoms with Crippen LogP contribution in [0.5, 0.6) is 0 Å². The second kappa shape index (κ2) is 11.1. The first kappa shape index (κ1) is 29.7. The molecule has 0 aromatic carbocycles. The van der Waals surface area contributed by atoms with Crippen LogP contribution in [-0.4, -0.2) is 100 Å². The van der Waals surface area contributed by atoms with E-state index in [1.807, 2.05) is 4.98 Å². The van der Waals surface area contributed by atoms with E-state index in [-0.39, 0.29) is 12.0 Å². The van der Waals surface area contributed by atoms with Gasteiger partial charge >= 0.3 is 27.3 Å². The molecular formula is C16H24N2O17P2. The van der Waals surface area contributed by atoms with Crippen LogP contribution >= 0.6 is 15.6 Å². The van der Waals surface area contributed by atoms with E-state index in [2.05, 4.69) is 18.1 Å². The van der Waals surface area contributed by atoms with Crippen molar-refractivity contribution in [3.05, 3.63) is 32.6 Å². The van der Waals surface area contributed by atoms with Crippen LogP contribution in [0, 0.1) is 6.92 Å². The molecule has 2 aliphatic heterocycles. The van der Waals surface area contributed by atoms with Crippen molar-refractivity contribution in [1.82, 2.24) is 9.55 Å². The van der Waals surface area contributed by atoms with Gasteiger partial charge in [-0.1, -0.05) is 0 Å². The van der Waals surface area contributed by atoms with Gasteiger partial charge in [0, 0.05) is 18.2 Å². The number of phosphoric acid groups is 2. The van der Waals surface area contributed by atoms with Gasteiger partial charge in [-0.3, -0.25) is 23.4 Å². The van der Waals surface area contributed by atoms with Gasteiger partial charge in [0.15, 0.2) is 12.4 Å². The second-order valence-corrected chi connectivity index (χ2v) is 11.1. The minimum atomic E-state index is -5.67. The maximum atomic E-state index is 12.2. The number of carbonyl (C=O) groups is 1. The number of ether oxygens (including phenoxy) is 2. The Kier molecular flexibility index (Phi) is 8.93. The molecular weight excluding hydrogens is 554 g/mol. The van der Waals surface area contributed by atoms with Crippen molar-refractivity contribution < 1.29 is 72.1 Å². The molecule has 19 nitrogen and oxygen atoms in total. The molecule has 0 radical (unpaired) electrons. The number of carboxylic acid groups (broad SMARTS) is 1. The van der Waals surface area contributed by atoms with Gasteiger partial charge in [0.2, 0.25) is 0 Å². The van der Waals surface area contributed by atoms with Crippen LogP contribution in [0.15, 0.2) is 15.8 Å². The Labute approximate surface area is 205 Å². The summed E-state index contributed by atoms with van der Waals surface area (Å²) in [4.78, 5) is 56.2. The van der Waals surface area contributed by atoms with E-state index in [4.69, 9.17) is 9.84 Å². The fraction of sp³-hybridized carbons (Fsp3) is 0.688. The number of H-pyrrole nitrogens is 1. The molecule has 8 N–H and O–H groups in total. The highest BCUT2D eigenvalue weighted by atomic mass is 31.3. The Morgan fingerprint density at radius 2 is 1.76 bits per heavy atom. The highest BCUT2D eigenvalue weighted by molar-refractivity contribution is 7.61. The normalized spacial score (nSPS) is 35.5. The summed E-state index contributed by atoms with van der Waals surface area (Å²) in [6, 6.07) is 0. The van der Waals surface area contributed by atoms with Crippen molar-refractivity contribution in [3.63, 3.8) is 0 Å². The summed E-state index contributed by atoms with van der Waals surface area (Å²) in [7, 11) is -11.1. The molecule has 2 unspecified atom stereocenters. The van der Waals surface area contributed by atoms with Crippen molar-refractivity contribution in [2.45, 2.75) is 62.5 Å². The predicted molar refractivity (Wildman–Crippen MR) is 113 cm³/mol. The number of aryl methyl sites for hydroxylation is 1. The molecule has 1 aromatic rings. The van der Waals surface area contributed by atoms with Crippen LogP contribution in [-0.2, 0) is 36.8 Å². The average Bonchev–Trinajstić information content (AvgIpc) is 3.14. The fourth-order valence-corrected chi connectivity index (χ4v) is 5.61. The molecule has 2 saturated heterocycles. The first-order valence-corrected chi connectivity index (χ1v) is 13.3. The molecule has 2 aliphatic rings. The Morgan fingerprint density at radius 1 is 1.11 bits per heavy atom. The number of aromatic nitrogens is 2. The lowest BCUT2D eigenvalue weighted by molar-refractivity contribution is -0.274. The molecule has 3 heterocycles. The van der Waals surface area contributed by atoms with Crippen molar-refractivity contribution in [2.75, 3.05) is 6.61 Å². The topological polar surface area (TPSA) is 294 Å². The Balaban J connectivity index is 1.61. The molecule has 21 heteroatoms. The largest absolute Gasteiger partial charge is 0.483 e. The summed E-state index contributed by atoms with van der Waals surface area (Å²) < 4.78 is 48.3. The molecule has 210 valence electrons. The zero-order chi connectivity index (χ0) is 27.9. The van der Waals surface area contributed by atoms with Gasteiger partial charge < -0.3 is 44.8 Å². The van der Waals surface area contributed by atoms with E-state index in [1.165, 1.54) is 13.1 Å². The van der Waals surface area contributed by atoms with Gasteiger partial charge in [0.1, 0.15) is 30.6 Å². The van der Waals surface area contributed by atoms with Crippen LogP contribution in [0.3, 0.4) is 0 Å². The number of phosphoric ester groups is 2. The number of carboxylic acids is 1. The lowest BCUT2D eigenvalue weighted by Crippen LogP contribution is -2.60. The third-order valence-electron chi connectivity index (χ3n) is 5.32. The van der Waals surface area contributed by atoms with E-state index < -0.39 is 88.6 Å². The maximum absolute atomic E-state index is 12.2. The Morgan fingerprint density at radius 3 is 2.38 bits per heavy atom. The van der Waals surface area contributed by atoms with Crippen molar-refractivity contribution in [2.24, 2.45) is 0 Å². The number of nitrogens with one attached hydrogen (secondary N) is 1. The van der Waals surface area contributed by atoms with Gasteiger partial charge in [0.05, 0.1) is 12.7 Å². The first-order chi connectivity index (χ1) is 17.0. The molecule has 0 aliphatic carbocycles. The molecule has 3 rings (SSSR count). The van der Waals surface area contributed by atoms with Crippen LogP contribution in [0.4, 0.5) is 0 Å². The van der Waals surface area contributed by atoms with Crippen LogP contribution in [0.2, 0.25) is 0 Å². The maximum Gasteiger partial charge on any atom is 0.483 e. The standard InChI is InChI=1S/C16H24N2O17P2/c1-5-3-18(16(26)17-13(5)23)8-2-6(19)7(32-8)4-31-36(27,28)35-37(29,30)34-15-11(22)9(20)10(21)12(33-15)14(24)25/h3,6-12,15,19-22H,2,4H2,1H3,(H,24,25)(H,27,28)(H,29,30)(H,17,23,26)/t6-,7+,8+,9-,10+,11+,12-,15+/m0/s1. The molecule has 0 bridgehead atoms. The number of aliphatic hydroxyl groups excluding tert-OH is 4. The highest BCUT2D eigenvalue weighted by Crippen LogP contribution is 2.61. The lowest BCUT2D eigenvalue weighted by Gasteiger charge is -2.38. The Hall–Kier alpha value is -1.83. The number of hydrogen-bond acceptors (Lipinski definition) is 14. The van der Waals surface area contributed by atoms with Gasteiger partial charge in [-0.25, -0.2) is 18.7 Å². The predicted octanol–water partition coefficient (Wildman–Crippen LogP) is -3.36. The number of hydrogen-bond donors (Lipinski definition) is 8. The smallest absolute Gasteiger partial charge is 0.479 e. The van der Waals surface area contributed by atoms with Gasteiger partial charge in [-0.05, 0) is 6.92 Å². The van der Waals surface area contributed by atoms with E-state index >= 15 is 0 Å². The summed E-state index contributed by atoms with van der Waals surface area (Å²) in [6.45, 7) is 0.508. The Bertz CT molecular complexity index is 1220. The third kappa shape index (κ3) is 6.98. The first-order valence-electron chi connectivity index (χ1n) is 10.3. The van der Waals surface area contributed by atoms with Crippen LogP contribution < -0.4 is 11.2 Å². The molecule has 2 fully saturated rings. The van der Waals surface area contributed by atoms with Crippen molar-refractivity contribution >= 4 is 21.6 Å². The third-order valence-corrected chi connectivity index (χ3v) is 7.92. The quantitative estimate of drug-likeness (QED) is 0.133. The summed E-state index contributed by atoms with van der Waals surface area (Å²) >= 11 is 0. The minimum Gasteiger partial charge on any atom is -0.479 e. The molecule has 0 spiro atoms. The van der Waals surface area contributed by atoms with Gasteiger partial charge in [-0.2, -0.15) is 4.31 Å². The number of nitrogens with zero attached hydrogens (tertiary/aromatic N) is 1. The van der Waals surface area contributed by atoms with Gasteiger partial charge in [-0.15, -0.1) is 0 Å². The summed E-state index contributed by atoms with van der Waals surface area (Å²) in [5.41, 5.74) is -1.32.